The molecule has 3 aromatic rings. The number of amides is 2. The molecule has 1 unspecified atom stereocenters. The number of carbonyl (C=O) groups is 3. The Morgan fingerprint density at radius 1 is 1.03 bits per heavy atom. The summed E-state index contributed by atoms with van der Waals surface area (Å²) < 4.78 is 9.60. The predicted octanol–water partition coefficient (Wildman–Crippen LogP) is 3.75. The molecule has 0 fully saturated rings. The van der Waals surface area contributed by atoms with Crippen molar-refractivity contribution in [2.75, 3.05) is 32.6 Å². The Morgan fingerprint density at radius 2 is 1.78 bits per heavy atom. The van der Waals surface area contributed by atoms with Gasteiger partial charge in [0.05, 0.1) is 25.1 Å². The third-order valence-electron chi connectivity index (χ3n) is 5.69. The van der Waals surface area contributed by atoms with Gasteiger partial charge in [0, 0.05) is 30.9 Å². The van der Waals surface area contributed by atoms with E-state index in [0.717, 1.165) is 5.56 Å². The number of anilines is 1. The number of aliphatic hydroxyl groups is 1. The maximum atomic E-state index is 13.2. The molecule has 2 amide bonds. The Hall–Kier alpha value is -4.50. The van der Waals surface area contributed by atoms with Crippen molar-refractivity contribution in [1.29, 1.82) is 0 Å². The van der Waals surface area contributed by atoms with Gasteiger partial charge in [-0.05, 0) is 35.4 Å². The van der Waals surface area contributed by atoms with Gasteiger partial charge in [-0.25, -0.2) is 4.79 Å². The summed E-state index contributed by atoms with van der Waals surface area (Å²) in [5.41, 5.74) is 3.35. The van der Waals surface area contributed by atoms with E-state index in [2.05, 4.69) is 10.1 Å². The monoisotopic (exact) mass is 487 g/mol. The maximum Gasteiger partial charge on any atom is 0.513 e. The molecule has 184 valence electrons. The number of ether oxygens (including phenoxy) is 2. The van der Waals surface area contributed by atoms with Crippen LogP contribution in [0.1, 0.15) is 27.4 Å². The summed E-state index contributed by atoms with van der Waals surface area (Å²) in [4.78, 5) is 43.6. The number of methoxy groups -OCH3 is 1. The molecule has 0 aromatic heterocycles. The molecule has 0 radical (unpaired) electrons. The van der Waals surface area contributed by atoms with Crippen LogP contribution in [0.2, 0.25) is 0 Å². The zero-order valence-corrected chi connectivity index (χ0v) is 19.8. The zero-order valence-electron chi connectivity index (χ0n) is 19.8. The van der Waals surface area contributed by atoms with Gasteiger partial charge < -0.3 is 24.8 Å². The van der Waals surface area contributed by atoms with Crippen LogP contribution >= 0.6 is 0 Å². The van der Waals surface area contributed by atoms with E-state index < -0.39 is 12.1 Å². The molecular formula is C27H25N3O6. The summed E-state index contributed by atoms with van der Waals surface area (Å²) >= 11 is 0. The number of likely N-dealkylation sites (N-methyl/N-ethyl adjacent to an activating group) is 1. The van der Waals surface area contributed by atoms with Crippen LogP contribution < -0.4 is 10.1 Å². The highest BCUT2D eigenvalue weighted by molar-refractivity contribution is 6.24. The number of aliphatic hydroxyl groups excluding tert-OH is 1. The average Bonchev–Trinajstić information content (AvgIpc) is 3.22. The van der Waals surface area contributed by atoms with Crippen molar-refractivity contribution >= 4 is 35.1 Å². The van der Waals surface area contributed by atoms with Crippen molar-refractivity contribution < 1.29 is 29.0 Å². The lowest BCUT2D eigenvalue weighted by Gasteiger charge is -2.16. The minimum absolute atomic E-state index is 0.138. The Bertz CT molecular complexity index is 1320. The third kappa shape index (κ3) is 5.26. The first kappa shape index (κ1) is 24.6. The number of fused-ring (bicyclic) bond motifs is 1. The lowest BCUT2D eigenvalue weighted by Crippen LogP contribution is -2.29. The van der Waals surface area contributed by atoms with Crippen molar-refractivity contribution in [3.05, 3.63) is 89.5 Å². The second-order valence-corrected chi connectivity index (χ2v) is 8.09. The molecule has 4 rings (SSSR count). The molecule has 0 spiro atoms. The normalized spacial score (nSPS) is 14.6. The van der Waals surface area contributed by atoms with Gasteiger partial charge in [-0.1, -0.05) is 42.5 Å². The molecule has 3 aromatic carbocycles. The van der Waals surface area contributed by atoms with E-state index in [1.54, 1.807) is 49.5 Å². The lowest BCUT2D eigenvalue weighted by atomic mass is 9.90. The van der Waals surface area contributed by atoms with Gasteiger partial charge in [0.2, 0.25) is 5.91 Å². The number of aliphatic imine (C=N–C) groups is 1. The minimum atomic E-state index is -0.860. The molecule has 0 bridgehead atoms. The van der Waals surface area contributed by atoms with Gasteiger partial charge in [0.25, 0.3) is 5.91 Å². The lowest BCUT2D eigenvalue weighted by molar-refractivity contribution is -0.115. The van der Waals surface area contributed by atoms with E-state index in [1.807, 2.05) is 30.3 Å². The second kappa shape index (κ2) is 10.8. The van der Waals surface area contributed by atoms with Crippen LogP contribution in [0.5, 0.6) is 5.75 Å². The van der Waals surface area contributed by atoms with Crippen molar-refractivity contribution in [2.45, 2.75) is 5.92 Å². The van der Waals surface area contributed by atoms with Gasteiger partial charge in [0.15, 0.2) is 0 Å². The number of hydrogen-bond acceptors (Lipinski definition) is 7. The average molecular weight is 488 g/mol. The zero-order chi connectivity index (χ0) is 25.7. The molecule has 9 nitrogen and oxygen atoms in total. The Balaban J connectivity index is 1.75. The van der Waals surface area contributed by atoms with E-state index in [0.29, 0.717) is 28.2 Å². The van der Waals surface area contributed by atoms with Crippen LogP contribution in [0.4, 0.5) is 16.2 Å². The number of carbonyl (C=O) groups excluding carboxylic acids is 3. The van der Waals surface area contributed by atoms with Crippen molar-refractivity contribution in [3.8, 4) is 5.75 Å². The highest BCUT2D eigenvalue weighted by Gasteiger charge is 2.36. The summed E-state index contributed by atoms with van der Waals surface area (Å²) in [6, 6.07) is 21.0. The number of benzene rings is 3. The van der Waals surface area contributed by atoms with Gasteiger partial charge >= 0.3 is 6.16 Å². The highest BCUT2D eigenvalue weighted by atomic mass is 16.7. The molecule has 0 saturated heterocycles. The fourth-order valence-corrected chi connectivity index (χ4v) is 3.94. The van der Waals surface area contributed by atoms with E-state index >= 15 is 0 Å². The van der Waals surface area contributed by atoms with Gasteiger partial charge in [-0.3, -0.25) is 14.6 Å². The number of rotatable bonds is 7. The highest BCUT2D eigenvalue weighted by Crippen LogP contribution is 2.38. The SMILES string of the molecule is COC(=O)Oc1ccc2c(c1)NC(=O)C2C(=Nc1cccc(C(=O)N(C)CCO)c1)c1ccccc1. The molecule has 2 N–H and O–H groups in total. The quantitative estimate of drug-likeness (QED) is 0.298. The Kier molecular flexibility index (Phi) is 7.41. The van der Waals surface area contributed by atoms with E-state index in [1.165, 1.54) is 12.0 Å². The van der Waals surface area contributed by atoms with Gasteiger partial charge in [-0.2, -0.15) is 0 Å². The minimum Gasteiger partial charge on any atom is -0.437 e. The van der Waals surface area contributed by atoms with Crippen LogP contribution in [0.25, 0.3) is 0 Å². The summed E-state index contributed by atoms with van der Waals surface area (Å²) in [6.45, 7) is 0.0725. The largest absolute Gasteiger partial charge is 0.513 e. The molecule has 0 saturated carbocycles. The van der Waals surface area contributed by atoms with Crippen molar-refractivity contribution in [3.63, 3.8) is 0 Å². The van der Waals surface area contributed by atoms with Crippen molar-refractivity contribution in [1.82, 2.24) is 4.90 Å². The first-order valence-corrected chi connectivity index (χ1v) is 11.2. The summed E-state index contributed by atoms with van der Waals surface area (Å²) in [7, 11) is 2.82. The van der Waals surface area contributed by atoms with Crippen LogP contribution in [0.15, 0.2) is 77.8 Å². The number of nitrogens with one attached hydrogen (secondary N) is 1. The fourth-order valence-electron chi connectivity index (χ4n) is 3.94. The molecule has 0 aliphatic carbocycles. The summed E-state index contributed by atoms with van der Waals surface area (Å²) in [5.74, 6) is -1.02. The first-order valence-electron chi connectivity index (χ1n) is 11.2. The second-order valence-electron chi connectivity index (χ2n) is 8.09. The molecule has 1 atom stereocenters. The van der Waals surface area contributed by atoms with E-state index in [9.17, 15) is 14.4 Å². The number of hydrogen-bond donors (Lipinski definition) is 2. The van der Waals surface area contributed by atoms with Gasteiger partial charge in [-0.15, -0.1) is 0 Å². The van der Waals surface area contributed by atoms with Crippen molar-refractivity contribution in [2.24, 2.45) is 4.99 Å². The molecule has 9 heteroatoms. The van der Waals surface area contributed by atoms with Crippen LogP contribution in [-0.4, -0.2) is 61.0 Å². The molecule has 1 aliphatic heterocycles. The predicted molar refractivity (Wildman–Crippen MR) is 134 cm³/mol. The molecule has 1 aliphatic rings. The Labute approximate surface area is 208 Å². The Morgan fingerprint density at radius 3 is 2.50 bits per heavy atom. The third-order valence-corrected chi connectivity index (χ3v) is 5.69. The smallest absolute Gasteiger partial charge is 0.437 e. The molecule has 1 heterocycles. The van der Waals surface area contributed by atoms with Gasteiger partial charge in [0.1, 0.15) is 11.7 Å². The molecular weight excluding hydrogens is 462 g/mol. The van der Waals surface area contributed by atoms with Crippen LogP contribution in [0, 0.1) is 0 Å². The first-order chi connectivity index (χ1) is 17.4. The molecule has 36 heavy (non-hydrogen) atoms. The van der Waals surface area contributed by atoms with E-state index in [4.69, 9.17) is 14.8 Å². The van der Waals surface area contributed by atoms with Crippen LogP contribution in [0.3, 0.4) is 0 Å². The van der Waals surface area contributed by atoms with E-state index in [-0.39, 0.29) is 30.7 Å². The summed E-state index contributed by atoms with van der Waals surface area (Å²) in [6.07, 6.45) is -0.860. The standard InChI is InChI=1S/C27H25N3O6/c1-30(13-14-31)26(33)18-9-6-10-19(15-18)28-24(17-7-4-3-5-8-17)23-21-12-11-20(36-27(34)35-2)16-22(21)29-25(23)32/h3-12,15-16,23,31H,13-14H2,1-2H3,(H,29,32). The summed E-state index contributed by atoms with van der Waals surface area (Å²) in [5, 5.41) is 12.0. The number of nitrogens with zero attached hydrogens (tertiary/aromatic N) is 2. The topological polar surface area (TPSA) is 118 Å². The fraction of sp³-hybridized carbons (Fsp3) is 0.185. The van der Waals surface area contributed by atoms with Crippen LogP contribution in [-0.2, 0) is 9.53 Å². The maximum absolute atomic E-state index is 13.2.